The van der Waals surface area contributed by atoms with Gasteiger partial charge < -0.3 is 10.1 Å². The first-order valence-corrected chi connectivity index (χ1v) is 13.0. The van der Waals surface area contributed by atoms with Crippen molar-refractivity contribution in [1.82, 2.24) is 9.88 Å². The lowest BCUT2D eigenvalue weighted by molar-refractivity contribution is 0.102. The van der Waals surface area contributed by atoms with Crippen molar-refractivity contribution in [3.05, 3.63) is 77.0 Å². The average molecular weight is 495 g/mol. The number of methoxy groups -OCH3 is 1. The largest absolute Gasteiger partial charge is 0.480 e. The zero-order chi connectivity index (χ0) is 25.0. The number of aromatic nitrogens is 1. The minimum atomic E-state index is -4.04. The minimum Gasteiger partial charge on any atom is -0.480 e. The third kappa shape index (κ3) is 5.80. The fraction of sp³-hybridized carbons (Fsp3) is 0.308. The van der Waals surface area contributed by atoms with E-state index < -0.39 is 10.0 Å². The lowest BCUT2D eigenvalue weighted by Gasteiger charge is -2.16. The minimum absolute atomic E-state index is 0.0608. The van der Waals surface area contributed by atoms with Gasteiger partial charge in [-0.25, -0.2) is 13.4 Å². The number of aryl methyl sites for hydroxylation is 2. The van der Waals surface area contributed by atoms with E-state index in [1.54, 1.807) is 6.07 Å². The molecule has 1 amide bonds. The second-order valence-corrected chi connectivity index (χ2v) is 10.4. The summed E-state index contributed by atoms with van der Waals surface area (Å²) in [5.41, 5.74) is 3.89. The number of pyridine rings is 1. The van der Waals surface area contributed by atoms with Crippen LogP contribution >= 0.6 is 0 Å². The first-order valence-electron chi connectivity index (χ1n) is 11.5. The van der Waals surface area contributed by atoms with Crippen molar-refractivity contribution in [2.75, 3.05) is 30.2 Å². The second-order valence-electron chi connectivity index (χ2n) is 8.74. The zero-order valence-corrected chi connectivity index (χ0v) is 21.0. The van der Waals surface area contributed by atoms with Crippen LogP contribution in [0.1, 0.15) is 39.9 Å². The van der Waals surface area contributed by atoms with Crippen LogP contribution in [0.5, 0.6) is 5.88 Å². The molecule has 1 aromatic heterocycles. The molecule has 0 unspecified atom stereocenters. The van der Waals surface area contributed by atoms with Crippen molar-refractivity contribution in [2.45, 2.75) is 38.1 Å². The highest BCUT2D eigenvalue weighted by molar-refractivity contribution is 7.92. The van der Waals surface area contributed by atoms with Gasteiger partial charge in [0, 0.05) is 12.1 Å². The molecule has 184 valence electrons. The van der Waals surface area contributed by atoms with Crippen LogP contribution in [0.25, 0.3) is 0 Å². The highest BCUT2D eigenvalue weighted by atomic mass is 32.2. The van der Waals surface area contributed by atoms with Gasteiger partial charge in [0.05, 0.1) is 24.7 Å². The summed E-state index contributed by atoms with van der Waals surface area (Å²) >= 11 is 0. The summed E-state index contributed by atoms with van der Waals surface area (Å²) in [6.07, 6.45) is 3.78. The third-order valence-corrected chi connectivity index (χ3v) is 7.41. The van der Waals surface area contributed by atoms with Gasteiger partial charge >= 0.3 is 0 Å². The Bertz CT molecular complexity index is 1310. The molecule has 2 aromatic carbocycles. The standard InChI is InChI=1S/C26H30N4O4S/c1-18-8-6-9-19(2)24(18)29-35(32,33)23-15-22(16-27-26(23)34-3)28-25(31)21-11-7-10-20(14-21)17-30-12-4-5-13-30/h6-11,14-16,29H,4-5,12-13,17H2,1-3H3,(H,28,31). The highest BCUT2D eigenvalue weighted by Crippen LogP contribution is 2.29. The molecule has 9 heteroatoms. The number of anilines is 2. The molecule has 0 saturated carbocycles. The van der Waals surface area contributed by atoms with E-state index in [-0.39, 0.29) is 22.4 Å². The maximum Gasteiger partial charge on any atom is 0.267 e. The number of rotatable bonds is 8. The Morgan fingerprint density at radius 1 is 1.06 bits per heavy atom. The summed E-state index contributed by atoms with van der Waals surface area (Å²) in [5, 5.41) is 2.77. The number of sulfonamides is 1. The SMILES string of the molecule is COc1ncc(NC(=O)c2cccc(CN3CCCC3)c2)cc1S(=O)(=O)Nc1c(C)cccc1C. The molecule has 1 saturated heterocycles. The monoisotopic (exact) mass is 494 g/mol. The lowest BCUT2D eigenvalue weighted by atomic mass is 10.1. The number of nitrogens with one attached hydrogen (secondary N) is 2. The first-order chi connectivity index (χ1) is 16.8. The van der Waals surface area contributed by atoms with Gasteiger partial charge in [-0.2, -0.15) is 0 Å². The second kappa shape index (κ2) is 10.5. The summed E-state index contributed by atoms with van der Waals surface area (Å²) in [6, 6.07) is 14.3. The smallest absolute Gasteiger partial charge is 0.267 e. The summed E-state index contributed by atoms with van der Waals surface area (Å²) in [7, 11) is -2.69. The van der Waals surface area contributed by atoms with Gasteiger partial charge in [0.25, 0.3) is 15.9 Å². The molecule has 4 rings (SSSR count). The van der Waals surface area contributed by atoms with Crippen molar-refractivity contribution < 1.29 is 17.9 Å². The summed E-state index contributed by atoms with van der Waals surface area (Å²) < 4.78 is 34.3. The molecule has 3 aromatic rings. The Hall–Kier alpha value is -3.43. The molecule has 2 heterocycles. The van der Waals surface area contributed by atoms with Crippen LogP contribution in [0.2, 0.25) is 0 Å². The van der Waals surface area contributed by atoms with Crippen LogP contribution in [0.15, 0.2) is 59.6 Å². The van der Waals surface area contributed by atoms with Gasteiger partial charge in [0.2, 0.25) is 5.88 Å². The zero-order valence-electron chi connectivity index (χ0n) is 20.2. The highest BCUT2D eigenvalue weighted by Gasteiger charge is 2.24. The summed E-state index contributed by atoms with van der Waals surface area (Å²) in [5.74, 6) is -0.402. The Balaban J connectivity index is 1.56. The van der Waals surface area contributed by atoms with E-state index in [1.807, 2.05) is 50.2 Å². The van der Waals surface area contributed by atoms with Crippen LogP contribution < -0.4 is 14.8 Å². The number of benzene rings is 2. The maximum atomic E-state index is 13.3. The Morgan fingerprint density at radius 3 is 2.43 bits per heavy atom. The van der Waals surface area contributed by atoms with E-state index in [2.05, 4.69) is 19.9 Å². The molecule has 0 bridgehead atoms. The number of hydrogen-bond donors (Lipinski definition) is 2. The van der Waals surface area contributed by atoms with Crippen LogP contribution in [0.3, 0.4) is 0 Å². The van der Waals surface area contributed by atoms with Crippen molar-refractivity contribution in [2.24, 2.45) is 0 Å². The molecule has 1 aliphatic rings. The van der Waals surface area contributed by atoms with Gasteiger partial charge in [0.15, 0.2) is 4.90 Å². The molecule has 0 spiro atoms. The van der Waals surface area contributed by atoms with Crippen molar-refractivity contribution in [1.29, 1.82) is 0 Å². The predicted octanol–water partition coefficient (Wildman–Crippen LogP) is 4.36. The molecule has 0 radical (unpaired) electrons. The van der Waals surface area contributed by atoms with Crippen molar-refractivity contribution >= 4 is 27.3 Å². The normalized spacial score (nSPS) is 14.0. The molecule has 0 aliphatic carbocycles. The number of para-hydroxylation sites is 1. The fourth-order valence-corrected chi connectivity index (χ4v) is 5.57. The number of amides is 1. The van der Waals surface area contributed by atoms with Crippen LogP contribution in [0.4, 0.5) is 11.4 Å². The molecule has 1 fully saturated rings. The van der Waals surface area contributed by atoms with Gasteiger partial charge in [-0.3, -0.25) is 14.4 Å². The molecule has 2 N–H and O–H groups in total. The Kier molecular flexibility index (Phi) is 7.37. The topological polar surface area (TPSA) is 101 Å². The van der Waals surface area contributed by atoms with Gasteiger partial charge in [-0.1, -0.05) is 30.3 Å². The third-order valence-electron chi connectivity index (χ3n) is 6.07. The van der Waals surface area contributed by atoms with E-state index >= 15 is 0 Å². The molecule has 35 heavy (non-hydrogen) atoms. The van der Waals surface area contributed by atoms with Crippen LogP contribution in [-0.2, 0) is 16.6 Å². The van der Waals surface area contributed by atoms with E-state index in [1.165, 1.54) is 32.2 Å². The Morgan fingerprint density at radius 2 is 1.74 bits per heavy atom. The summed E-state index contributed by atoms with van der Waals surface area (Å²) in [6.45, 7) is 6.60. The number of ether oxygens (including phenoxy) is 1. The molecule has 8 nitrogen and oxygen atoms in total. The van der Waals surface area contributed by atoms with Crippen molar-refractivity contribution in [3.63, 3.8) is 0 Å². The fourth-order valence-electron chi connectivity index (χ4n) is 4.22. The average Bonchev–Trinajstić information content (AvgIpc) is 3.35. The van der Waals surface area contributed by atoms with E-state index in [0.29, 0.717) is 11.3 Å². The predicted molar refractivity (Wildman–Crippen MR) is 136 cm³/mol. The van der Waals surface area contributed by atoms with Gasteiger partial charge in [-0.15, -0.1) is 0 Å². The van der Waals surface area contributed by atoms with Gasteiger partial charge in [0.1, 0.15) is 0 Å². The molecule has 0 atom stereocenters. The molecular formula is C26H30N4O4S. The lowest BCUT2D eigenvalue weighted by Crippen LogP contribution is -2.19. The van der Waals surface area contributed by atoms with E-state index in [0.717, 1.165) is 36.3 Å². The number of likely N-dealkylation sites (tertiary alicyclic amines) is 1. The molecule has 1 aliphatic heterocycles. The van der Waals surface area contributed by atoms with Crippen molar-refractivity contribution in [3.8, 4) is 5.88 Å². The quantitative estimate of drug-likeness (QED) is 0.483. The number of carbonyl (C=O) groups excluding carboxylic acids is 1. The summed E-state index contributed by atoms with van der Waals surface area (Å²) in [4.78, 5) is 19.3. The maximum absolute atomic E-state index is 13.3. The van der Waals surface area contributed by atoms with E-state index in [9.17, 15) is 13.2 Å². The molecular weight excluding hydrogens is 464 g/mol. The Labute approximate surface area is 206 Å². The van der Waals surface area contributed by atoms with Crippen LogP contribution in [0, 0.1) is 13.8 Å². The van der Waals surface area contributed by atoms with Gasteiger partial charge in [-0.05, 0) is 74.7 Å². The number of hydrogen-bond acceptors (Lipinski definition) is 6. The number of carbonyl (C=O) groups is 1. The van der Waals surface area contributed by atoms with E-state index in [4.69, 9.17) is 4.74 Å². The first kappa shape index (κ1) is 24.7. The van der Waals surface area contributed by atoms with Crippen LogP contribution in [-0.4, -0.2) is 44.4 Å². The number of nitrogens with zero attached hydrogens (tertiary/aromatic N) is 2.